The van der Waals surface area contributed by atoms with Crippen LogP contribution in [0.3, 0.4) is 0 Å². The lowest BCUT2D eigenvalue weighted by molar-refractivity contribution is 0.616. The molecule has 2 N–H and O–H groups in total. The molecule has 1 aromatic carbocycles. The Labute approximate surface area is 91.4 Å². The molecule has 0 saturated heterocycles. The van der Waals surface area contributed by atoms with Gasteiger partial charge in [0.05, 0.1) is 4.47 Å². The summed E-state index contributed by atoms with van der Waals surface area (Å²) in [5, 5.41) is 0. The van der Waals surface area contributed by atoms with Gasteiger partial charge >= 0.3 is 0 Å². The van der Waals surface area contributed by atoms with Gasteiger partial charge in [-0.15, -0.1) is 19.0 Å². The molecule has 1 rings (SSSR count). The van der Waals surface area contributed by atoms with Crippen LogP contribution >= 0.6 is 28.3 Å². The maximum atomic E-state index is 12.9. The first-order valence-electron chi connectivity index (χ1n) is 3.49. The van der Waals surface area contributed by atoms with Crippen LogP contribution in [0.2, 0.25) is 0 Å². The second-order valence-electron chi connectivity index (χ2n) is 2.40. The third-order valence-corrected chi connectivity index (χ3v) is 2.43. The molecule has 1 atom stereocenters. The first-order valence-corrected chi connectivity index (χ1v) is 4.28. The molecule has 0 fully saturated rings. The lowest BCUT2D eigenvalue weighted by atomic mass is 10.1. The van der Waals surface area contributed by atoms with Gasteiger partial charge in [-0.05, 0) is 27.6 Å². The van der Waals surface area contributed by atoms with E-state index in [1.54, 1.807) is 18.2 Å². The van der Waals surface area contributed by atoms with Crippen molar-refractivity contribution in [2.24, 2.45) is 5.73 Å². The SMILES string of the molecule is C=C[C@H](N)c1cccc(F)c1Br.Cl. The summed E-state index contributed by atoms with van der Waals surface area (Å²) in [6, 6.07) is 4.44. The van der Waals surface area contributed by atoms with Gasteiger partial charge in [0.25, 0.3) is 0 Å². The Kier molecular flexibility index (Phi) is 5.21. The molecule has 1 aromatic rings. The highest BCUT2D eigenvalue weighted by Gasteiger charge is 2.08. The van der Waals surface area contributed by atoms with E-state index in [1.165, 1.54) is 6.07 Å². The summed E-state index contributed by atoms with van der Waals surface area (Å²) >= 11 is 3.12. The fraction of sp³-hybridized carbons (Fsp3) is 0.111. The highest BCUT2D eigenvalue weighted by atomic mass is 79.9. The Balaban J connectivity index is 0.00000144. The van der Waals surface area contributed by atoms with E-state index >= 15 is 0 Å². The van der Waals surface area contributed by atoms with E-state index in [0.717, 1.165) is 0 Å². The van der Waals surface area contributed by atoms with Crippen LogP contribution < -0.4 is 5.73 Å². The number of rotatable bonds is 2. The molecule has 0 bridgehead atoms. The minimum atomic E-state index is -0.324. The molecule has 0 radical (unpaired) electrons. The summed E-state index contributed by atoms with van der Waals surface area (Å²) in [5.74, 6) is -0.301. The number of hydrogen-bond acceptors (Lipinski definition) is 1. The quantitative estimate of drug-likeness (QED) is 0.818. The summed E-state index contributed by atoms with van der Waals surface area (Å²) in [7, 11) is 0. The average molecular weight is 267 g/mol. The molecule has 0 aliphatic carbocycles. The zero-order valence-electron chi connectivity index (χ0n) is 6.84. The van der Waals surface area contributed by atoms with Gasteiger partial charge in [-0.25, -0.2) is 4.39 Å². The highest BCUT2D eigenvalue weighted by molar-refractivity contribution is 9.10. The van der Waals surface area contributed by atoms with Crippen molar-refractivity contribution < 1.29 is 4.39 Å². The van der Waals surface area contributed by atoms with Crippen LogP contribution in [-0.2, 0) is 0 Å². The van der Waals surface area contributed by atoms with Gasteiger partial charge in [0.1, 0.15) is 5.82 Å². The molecule has 72 valence electrons. The lowest BCUT2D eigenvalue weighted by Crippen LogP contribution is -2.07. The van der Waals surface area contributed by atoms with Crippen LogP contribution in [0.25, 0.3) is 0 Å². The third-order valence-electron chi connectivity index (χ3n) is 1.59. The summed E-state index contributed by atoms with van der Waals surface area (Å²) in [6.45, 7) is 3.54. The fourth-order valence-corrected chi connectivity index (χ4v) is 1.43. The van der Waals surface area contributed by atoms with Gasteiger partial charge in [0.2, 0.25) is 0 Å². The zero-order chi connectivity index (χ0) is 9.14. The van der Waals surface area contributed by atoms with Crippen LogP contribution in [0.4, 0.5) is 4.39 Å². The standard InChI is InChI=1S/C9H9BrFN.ClH/c1-2-8(12)6-4-3-5-7(11)9(6)10;/h2-5,8H,1,12H2;1H/t8-;/m0./s1. The molecule has 0 spiro atoms. The Morgan fingerprint density at radius 1 is 1.54 bits per heavy atom. The molecule has 0 unspecified atom stereocenters. The normalized spacial score (nSPS) is 11.6. The molecule has 0 heterocycles. The highest BCUT2D eigenvalue weighted by Crippen LogP contribution is 2.24. The van der Waals surface area contributed by atoms with Gasteiger partial charge in [-0.2, -0.15) is 0 Å². The number of halogens is 3. The van der Waals surface area contributed by atoms with Crippen molar-refractivity contribution in [3.63, 3.8) is 0 Å². The van der Waals surface area contributed by atoms with E-state index in [0.29, 0.717) is 10.0 Å². The molecular formula is C9H10BrClFN. The molecule has 0 aromatic heterocycles. The third kappa shape index (κ3) is 2.79. The predicted molar refractivity (Wildman–Crippen MR) is 58.5 cm³/mol. The minimum absolute atomic E-state index is 0. The first kappa shape index (κ1) is 12.6. The van der Waals surface area contributed by atoms with E-state index in [9.17, 15) is 4.39 Å². The molecule has 13 heavy (non-hydrogen) atoms. The van der Waals surface area contributed by atoms with Crippen molar-refractivity contribution in [1.29, 1.82) is 0 Å². The van der Waals surface area contributed by atoms with Crippen molar-refractivity contribution >= 4 is 28.3 Å². The number of nitrogens with two attached hydrogens (primary N) is 1. The van der Waals surface area contributed by atoms with Crippen molar-refractivity contribution in [2.75, 3.05) is 0 Å². The van der Waals surface area contributed by atoms with Crippen LogP contribution in [0.5, 0.6) is 0 Å². The average Bonchev–Trinajstić information content (AvgIpc) is 2.08. The van der Waals surface area contributed by atoms with Crippen LogP contribution in [0.15, 0.2) is 35.3 Å². The Hall–Kier alpha value is -0.380. The summed E-state index contributed by atoms with van der Waals surface area (Å²) in [4.78, 5) is 0. The molecule has 0 aliphatic heterocycles. The van der Waals surface area contributed by atoms with E-state index in [4.69, 9.17) is 5.73 Å². The number of hydrogen-bond donors (Lipinski definition) is 1. The van der Waals surface area contributed by atoms with E-state index in [-0.39, 0.29) is 24.3 Å². The molecule has 0 saturated carbocycles. The van der Waals surface area contributed by atoms with Crippen molar-refractivity contribution in [1.82, 2.24) is 0 Å². The van der Waals surface area contributed by atoms with Crippen LogP contribution in [-0.4, -0.2) is 0 Å². The van der Waals surface area contributed by atoms with Gasteiger partial charge in [-0.1, -0.05) is 18.2 Å². The minimum Gasteiger partial charge on any atom is -0.321 e. The molecular weight excluding hydrogens is 256 g/mol. The van der Waals surface area contributed by atoms with Gasteiger partial charge in [-0.3, -0.25) is 0 Å². The zero-order valence-corrected chi connectivity index (χ0v) is 9.24. The maximum absolute atomic E-state index is 12.9. The lowest BCUT2D eigenvalue weighted by Gasteiger charge is -2.08. The second-order valence-corrected chi connectivity index (χ2v) is 3.20. The van der Waals surface area contributed by atoms with Gasteiger partial charge < -0.3 is 5.73 Å². The van der Waals surface area contributed by atoms with Gasteiger partial charge in [0.15, 0.2) is 0 Å². The fourth-order valence-electron chi connectivity index (χ4n) is 0.905. The van der Waals surface area contributed by atoms with Crippen LogP contribution in [0, 0.1) is 5.82 Å². The number of benzene rings is 1. The second kappa shape index (κ2) is 5.37. The summed E-state index contributed by atoms with van der Waals surface area (Å²) in [5.41, 5.74) is 6.36. The molecule has 0 amide bonds. The van der Waals surface area contributed by atoms with E-state index < -0.39 is 0 Å². The monoisotopic (exact) mass is 265 g/mol. The first-order chi connectivity index (χ1) is 5.66. The van der Waals surface area contributed by atoms with Crippen molar-refractivity contribution in [2.45, 2.75) is 6.04 Å². The molecule has 1 nitrogen and oxygen atoms in total. The molecule has 0 aliphatic rings. The predicted octanol–water partition coefficient (Wildman–Crippen LogP) is 3.20. The van der Waals surface area contributed by atoms with Crippen LogP contribution in [0.1, 0.15) is 11.6 Å². The largest absolute Gasteiger partial charge is 0.321 e. The summed E-state index contributed by atoms with van der Waals surface area (Å²) in [6.07, 6.45) is 1.57. The van der Waals surface area contributed by atoms with E-state index in [2.05, 4.69) is 22.5 Å². The summed E-state index contributed by atoms with van der Waals surface area (Å²) < 4.78 is 13.4. The van der Waals surface area contributed by atoms with E-state index in [1.807, 2.05) is 0 Å². The van der Waals surface area contributed by atoms with Crippen molar-refractivity contribution in [3.8, 4) is 0 Å². The Morgan fingerprint density at radius 3 is 2.69 bits per heavy atom. The molecule has 4 heteroatoms. The maximum Gasteiger partial charge on any atom is 0.137 e. The topological polar surface area (TPSA) is 26.0 Å². The van der Waals surface area contributed by atoms with Crippen molar-refractivity contribution in [3.05, 3.63) is 46.7 Å². The smallest absolute Gasteiger partial charge is 0.137 e. The van der Waals surface area contributed by atoms with Gasteiger partial charge in [0, 0.05) is 6.04 Å². The Morgan fingerprint density at radius 2 is 2.15 bits per heavy atom. The Bertz CT molecular complexity index is 304.